The van der Waals surface area contributed by atoms with Gasteiger partial charge in [0.1, 0.15) is 0 Å². The molecule has 1 aliphatic heterocycles. The summed E-state index contributed by atoms with van der Waals surface area (Å²) in [6.07, 6.45) is 4.34. The maximum Gasteiger partial charge on any atom is 0.220 e. The summed E-state index contributed by atoms with van der Waals surface area (Å²) in [5.41, 5.74) is 0. The van der Waals surface area contributed by atoms with Gasteiger partial charge in [-0.2, -0.15) is 0 Å². The quantitative estimate of drug-likeness (QED) is 0.617. The molecule has 1 atom stereocenters. The predicted octanol–water partition coefficient (Wildman–Crippen LogP) is 1.31. The topological polar surface area (TPSA) is 29.1 Å². The highest BCUT2D eigenvalue weighted by Gasteiger charge is 2.16. The number of hydrogen-bond donors (Lipinski definition) is 1. The van der Waals surface area contributed by atoms with Crippen LogP contribution in [0.25, 0.3) is 0 Å². The minimum atomic E-state index is 0.229. The molecular formula is C8H15NO. The standard InChI is InChI=1S/C8H15NO/c1-2-3-7-4-5-8(10)9-6-7/h7H,2-6H2,1H3,(H,9,10). The van der Waals surface area contributed by atoms with Gasteiger partial charge in [0.05, 0.1) is 0 Å². The van der Waals surface area contributed by atoms with Crippen LogP contribution in [0.4, 0.5) is 0 Å². The van der Waals surface area contributed by atoms with Crippen molar-refractivity contribution in [2.24, 2.45) is 5.92 Å². The molecule has 1 aliphatic rings. The SMILES string of the molecule is CCCC1CCC(=O)NC1. The summed E-state index contributed by atoms with van der Waals surface area (Å²) in [7, 11) is 0. The fourth-order valence-corrected chi connectivity index (χ4v) is 1.44. The molecule has 0 spiro atoms. The molecule has 1 saturated heterocycles. The van der Waals surface area contributed by atoms with Crippen LogP contribution in [0, 0.1) is 5.92 Å². The second kappa shape index (κ2) is 3.59. The van der Waals surface area contributed by atoms with Crippen molar-refractivity contribution in [2.45, 2.75) is 32.6 Å². The van der Waals surface area contributed by atoms with E-state index in [1.54, 1.807) is 0 Å². The molecule has 58 valence electrons. The van der Waals surface area contributed by atoms with E-state index < -0.39 is 0 Å². The zero-order chi connectivity index (χ0) is 7.40. The monoisotopic (exact) mass is 141 g/mol. The lowest BCUT2D eigenvalue weighted by Gasteiger charge is -2.21. The van der Waals surface area contributed by atoms with Crippen molar-refractivity contribution >= 4 is 5.91 Å². The first kappa shape index (κ1) is 7.58. The van der Waals surface area contributed by atoms with Crippen molar-refractivity contribution in [3.05, 3.63) is 0 Å². The molecule has 1 heterocycles. The van der Waals surface area contributed by atoms with Crippen molar-refractivity contribution in [3.8, 4) is 0 Å². The third-order valence-corrected chi connectivity index (χ3v) is 2.06. The highest BCUT2D eigenvalue weighted by Crippen LogP contribution is 2.15. The molecule has 1 rings (SSSR count). The maximum absolute atomic E-state index is 10.7. The number of amides is 1. The number of nitrogens with one attached hydrogen (secondary N) is 1. The van der Waals surface area contributed by atoms with E-state index in [1.165, 1.54) is 12.8 Å². The number of carbonyl (C=O) groups is 1. The molecule has 0 saturated carbocycles. The molecule has 0 radical (unpaired) electrons. The Morgan fingerprint density at radius 2 is 2.50 bits per heavy atom. The molecular weight excluding hydrogens is 126 g/mol. The van der Waals surface area contributed by atoms with Crippen LogP contribution in [0.15, 0.2) is 0 Å². The average molecular weight is 141 g/mol. The fourth-order valence-electron chi connectivity index (χ4n) is 1.44. The molecule has 1 unspecified atom stereocenters. The van der Waals surface area contributed by atoms with Crippen LogP contribution in [0.1, 0.15) is 32.6 Å². The lowest BCUT2D eigenvalue weighted by Crippen LogP contribution is -2.34. The Balaban J connectivity index is 2.19. The van der Waals surface area contributed by atoms with Crippen molar-refractivity contribution in [2.75, 3.05) is 6.54 Å². The molecule has 0 bridgehead atoms. The van der Waals surface area contributed by atoms with E-state index in [0.717, 1.165) is 25.3 Å². The smallest absolute Gasteiger partial charge is 0.220 e. The van der Waals surface area contributed by atoms with Crippen LogP contribution in [-0.2, 0) is 4.79 Å². The lowest BCUT2D eigenvalue weighted by molar-refractivity contribution is -0.122. The summed E-state index contributed by atoms with van der Waals surface area (Å²) < 4.78 is 0. The lowest BCUT2D eigenvalue weighted by atomic mass is 9.95. The normalized spacial score (nSPS) is 26.1. The van der Waals surface area contributed by atoms with Gasteiger partial charge in [0.25, 0.3) is 0 Å². The molecule has 10 heavy (non-hydrogen) atoms. The van der Waals surface area contributed by atoms with Gasteiger partial charge in [0.15, 0.2) is 0 Å². The van der Waals surface area contributed by atoms with E-state index in [0.29, 0.717) is 0 Å². The number of carbonyl (C=O) groups excluding carboxylic acids is 1. The summed E-state index contributed by atoms with van der Waals surface area (Å²) in [6.45, 7) is 3.10. The highest BCUT2D eigenvalue weighted by molar-refractivity contribution is 5.76. The first-order chi connectivity index (χ1) is 4.83. The molecule has 1 fully saturated rings. The molecule has 0 aromatic carbocycles. The fraction of sp³-hybridized carbons (Fsp3) is 0.875. The predicted molar refractivity (Wildman–Crippen MR) is 40.6 cm³/mol. The third kappa shape index (κ3) is 2.01. The van der Waals surface area contributed by atoms with Gasteiger partial charge < -0.3 is 5.32 Å². The molecule has 0 aliphatic carbocycles. The molecule has 1 amide bonds. The zero-order valence-corrected chi connectivity index (χ0v) is 6.52. The van der Waals surface area contributed by atoms with Crippen molar-refractivity contribution < 1.29 is 4.79 Å². The van der Waals surface area contributed by atoms with Gasteiger partial charge in [0.2, 0.25) is 5.91 Å². The number of piperidine rings is 1. The summed E-state index contributed by atoms with van der Waals surface area (Å²) in [5, 5.41) is 2.88. The van der Waals surface area contributed by atoms with Gasteiger partial charge in [0, 0.05) is 13.0 Å². The van der Waals surface area contributed by atoms with Crippen molar-refractivity contribution in [1.82, 2.24) is 5.32 Å². The van der Waals surface area contributed by atoms with Crippen LogP contribution < -0.4 is 5.32 Å². The van der Waals surface area contributed by atoms with Crippen molar-refractivity contribution in [3.63, 3.8) is 0 Å². The van der Waals surface area contributed by atoms with Crippen LogP contribution in [-0.4, -0.2) is 12.5 Å². The van der Waals surface area contributed by atoms with E-state index in [4.69, 9.17) is 0 Å². The van der Waals surface area contributed by atoms with Crippen LogP contribution >= 0.6 is 0 Å². The van der Waals surface area contributed by atoms with E-state index in [1.807, 2.05) is 0 Å². The minimum Gasteiger partial charge on any atom is -0.356 e. The summed E-state index contributed by atoms with van der Waals surface area (Å²) in [6, 6.07) is 0. The number of rotatable bonds is 2. The first-order valence-electron chi connectivity index (χ1n) is 4.09. The Hall–Kier alpha value is -0.530. The van der Waals surface area contributed by atoms with Gasteiger partial charge >= 0.3 is 0 Å². The Morgan fingerprint density at radius 1 is 1.70 bits per heavy atom. The molecule has 0 aromatic rings. The van der Waals surface area contributed by atoms with Crippen LogP contribution in [0.3, 0.4) is 0 Å². The second-order valence-corrected chi connectivity index (χ2v) is 3.00. The molecule has 2 heteroatoms. The van der Waals surface area contributed by atoms with Crippen molar-refractivity contribution in [1.29, 1.82) is 0 Å². The Bertz CT molecular complexity index is 112. The van der Waals surface area contributed by atoms with E-state index in [9.17, 15) is 4.79 Å². The number of hydrogen-bond acceptors (Lipinski definition) is 1. The third-order valence-electron chi connectivity index (χ3n) is 2.06. The summed E-state index contributed by atoms with van der Waals surface area (Å²) in [4.78, 5) is 10.7. The molecule has 1 N–H and O–H groups in total. The Kier molecular flexibility index (Phi) is 2.72. The zero-order valence-electron chi connectivity index (χ0n) is 6.52. The van der Waals surface area contributed by atoms with Gasteiger partial charge in [-0.3, -0.25) is 4.79 Å². The van der Waals surface area contributed by atoms with Gasteiger partial charge in [-0.1, -0.05) is 13.3 Å². The summed E-state index contributed by atoms with van der Waals surface area (Å²) in [5.74, 6) is 0.982. The van der Waals surface area contributed by atoms with E-state index in [-0.39, 0.29) is 5.91 Å². The van der Waals surface area contributed by atoms with Gasteiger partial charge in [-0.25, -0.2) is 0 Å². The second-order valence-electron chi connectivity index (χ2n) is 3.00. The average Bonchev–Trinajstić information content (AvgIpc) is 1.95. The maximum atomic E-state index is 10.7. The molecule has 2 nitrogen and oxygen atoms in total. The summed E-state index contributed by atoms with van der Waals surface area (Å²) >= 11 is 0. The first-order valence-corrected chi connectivity index (χ1v) is 4.09. The minimum absolute atomic E-state index is 0.229. The van der Waals surface area contributed by atoms with Gasteiger partial charge in [-0.15, -0.1) is 0 Å². The van der Waals surface area contributed by atoms with E-state index >= 15 is 0 Å². The largest absolute Gasteiger partial charge is 0.356 e. The van der Waals surface area contributed by atoms with E-state index in [2.05, 4.69) is 12.2 Å². The Morgan fingerprint density at radius 3 is 3.00 bits per heavy atom. The van der Waals surface area contributed by atoms with Gasteiger partial charge in [-0.05, 0) is 18.8 Å². The Labute approximate surface area is 62.0 Å². The highest BCUT2D eigenvalue weighted by atomic mass is 16.1. The van der Waals surface area contributed by atoms with Crippen LogP contribution in [0.5, 0.6) is 0 Å². The molecule has 0 aromatic heterocycles. The van der Waals surface area contributed by atoms with Crippen LogP contribution in [0.2, 0.25) is 0 Å².